The monoisotopic (exact) mass is 171 g/mol. The van der Waals surface area contributed by atoms with Crippen molar-refractivity contribution >= 4 is 5.91 Å². The van der Waals surface area contributed by atoms with E-state index in [1.54, 1.807) is 0 Å². The van der Waals surface area contributed by atoms with Gasteiger partial charge in [-0.2, -0.15) is 0 Å². The normalized spacial score (nSPS) is 17.7. The van der Waals surface area contributed by atoms with E-state index in [9.17, 15) is 4.79 Å². The van der Waals surface area contributed by atoms with Crippen LogP contribution in [0.1, 0.15) is 6.42 Å². The molecule has 0 aliphatic carbocycles. The first-order chi connectivity index (χ1) is 5.83. The van der Waals surface area contributed by atoms with E-state index < -0.39 is 0 Å². The molecule has 68 valence electrons. The molecule has 0 radical (unpaired) electrons. The van der Waals surface area contributed by atoms with E-state index in [4.69, 9.17) is 9.47 Å². The molecule has 0 spiro atoms. The Hall–Kier alpha value is -0.870. The van der Waals surface area contributed by atoms with Crippen LogP contribution in [0.2, 0.25) is 0 Å². The first-order valence-corrected chi connectivity index (χ1v) is 3.96. The van der Waals surface area contributed by atoms with E-state index >= 15 is 0 Å². The number of hydrogen-bond donors (Lipinski definition) is 1. The zero-order chi connectivity index (χ0) is 8.81. The number of rotatable bonds is 4. The highest BCUT2D eigenvalue weighted by atomic mass is 16.7. The molecule has 4 heteroatoms. The second-order valence-electron chi connectivity index (χ2n) is 2.45. The molecule has 1 fully saturated rings. The first-order valence-electron chi connectivity index (χ1n) is 3.96. The van der Waals surface area contributed by atoms with Gasteiger partial charge in [-0.1, -0.05) is 6.58 Å². The van der Waals surface area contributed by atoms with Crippen molar-refractivity contribution in [3.63, 3.8) is 0 Å². The lowest BCUT2D eigenvalue weighted by molar-refractivity contribution is -0.116. The van der Waals surface area contributed by atoms with Crippen molar-refractivity contribution in [2.24, 2.45) is 0 Å². The predicted molar refractivity (Wildman–Crippen MR) is 43.5 cm³/mol. The highest BCUT2D eigenvalue weighted by molar-refractivity contribution is 5.86. The summed E-state index contributed by atoms with van der Waals surface area (Å²) in [5, 5.41) is 2.64. The fourth-order valence-corrected chi connectivity index (χ4v) is 0.959. The van der Waals surface area contributed by atoms with Crippen LogP contribution in [-0.2, 0) is 14.3 Å². The van der Waals surface area contributed by atoms with Gasteiger partial charge in [0.2, 0.25) is 5.91 Å². The Morgan fingerprint density at radius 1 is 1.58 bits per heavy atom. The summed E-state index contributed by atoms with van der Waals surface area (Å²) in [5.41, 5.74) is 0. The largest absolute Gasteiger partial charge is 0.352 e. The second-order valence-corrected chi connectivity index (χ2v) is 2.45. The van der Waals surface area contributed by atoms with Crippen molar-refractivity contribution in [1.82, 2.24) is 5.32 Å². The number of amides is 1. The number of carbonyl (C=O) groups excluding carboxylic acids is 1. The molecule has 1 aliphatic rings. The number of carbonyl (C=O) groups is 1. The Bertz CT molecular complexity index is 164. The highest BCUT2D eigenvalue weighted by Gasteiger charge is 2.14. The van der Waals surface area contributed by atoms with Gasteiger partial charge in [-0.05, 0) is 6.08 Å². The second kappa shape index (κ2) is 4.90. The fourth-order valence-electron chi connectivity index (χ4n) is 0.959. The Labute approximate surface area is 71.5 Å². The van der Waals surface area contributed by atoms with E-state index in [1.807, 2.05) is 0 Å². The van der Waals surface area contributed by atoms with Crippen LogP contribution in [0.25, 0.3) is 0 Å². The molecule has 1 rings (SSSR count). The van der Waals surface area contributed by atoms with Crippen LogP contribution in [0.3, 0.4) is 0 Å². The van der Waals surface area contributed by atoms with Crippen molar-refractivity contribution in [2.45, 2.75) is 12.7 Å². The first kappa shape index (κ1) is 9.22. The van der Waals surface area contributed by atoms with Gasteiger partial charge in [0.25, 0.3) is 0 Å². The van der Waals surface area contributed by atoms with E-state index in [2.05, 4.69) is 11.9 Å². The van der Waals surface area contributed by atoms with Gasteiger partial charge in [-0.3, -0.25) is 4.79 Å². The zero-order valence-electron chi connectivity index (χ0n) is 6.91. The van der Waals surface area contributed by atoms with Gasteiger partial charge in [0.05, 0.1) is 13.2 Å². The summed E-state index contributed by atoms with van der Waals surface area (Å²) in [6, 6.07) is 0. The zero-order valence-corrected chi connectivity index (χ0v) is 6.91. The van der Waals surface area contributed by atoms with Crippen LogP contribution in [0.4, 0.5) is 0 Å². The van der Waals surface area contributed by atoms with Crippen molar-refractivity contribution in [3.8, 4) is 0 Å². The molecule has 0 bridgehead atoms. The van der Waals surface area contributed by atoms with E-state index in [1.165, 1.54) is 6.08 Å². The average Bonchev–Trinajstić information content (AvgIpc) is 2.57. The van der Waals surface area contributed by atoms with Crippen molar-refractivity contribution in [2.75, 3.05) is 19.8 Å². The lowest BCUT2D eigenvalue weighted by atomic mass is 10.4. The minimum atomic E-state index is -0.159. The lowest BCUT2D eigenvalue weighted by Crippen LogP contribution is -2.25. The quantitative estimate of drug-likeness (QED) is 0.608. The molecule has 0 atom stereocenters. The topological polar surface area (TPSA) is 47.6 Å². The van der Waals surface area contributed by atoms with Crippen LogP contribution in [0.5, 0.6) is 0 Å². The molecular formula is C8H13NO3. The van der Waals surface area contributed by atoms with Gasteiger partial charge in [0.15, 0.2) is 6.29 Å². The van der Waals surface area contributed by atoms with Gasteiger partial charge in [0, 0.05) is 13.0 Å². The Kier molecular flexibility index (Phi) is 3.76. The molecule has 1 N–H and O–H groups in total. The molecular weight excluding hydrogens is 158 g/mol. The summed E-state index contributed by atoms with van der Waals surface area (Å²) in [7, 11) is 0. The predicted octanol–water partition coefficient (Wildman–Crippen LogP) is 0.0516. The molecule has 1 amide bonds. The summed E-state index contributed by atoms with van der Waals surface area (Å²) < 4.78 is 10.3. The average molecular weight is 171 g/mol. The Morgan fingerprint density at radius 2 is 2.25 bits per heavy atom. The van der Waals surface area contributed by atoms with Crippen molar-refractivity contribution in [3.05, 3.63) is 12.7 Å². The number of nitrogens with one attached hydrogen (secondary N) is 1. The molecule has 4 nitrogen and oxygen atoms in total. The molecule has 1 saturated heterocycles. The minimum absolute atomic E-state index is 0.143. The van der Waals surface area contributed by atoms with Crippen LogP contribution in [0.15, 0.2) is 12.7 Å². The van der Waals surface area contributed by atoms with Crippen molar-refractivity contribution in [1.29, 1.82) is 0 Å². The molecule has 0 aromatic carbocycles. The molecule has 12 heavy (non-hydrogen) atoms. The third-order valence-electron chi connectivity index (χ3n) is 1.56. The Morgan fingerprint density at radius 3 is 2.83 bits per heavy atom. The van der Waals surface area contributed by atoms with Gasteiger partial charge >= 0.3 is 0 Å². The lowest BCUT2D eigenvalue weighted by Gasteiger charge is -2.08. The minimum Gasteiger partial charge on any atom is -0.352 e. The van der Waals surface area contributed by atoms with Gasteiger partial charge in [-0.25, -0.2) is 0 Å². The summed E-state index contributed by atoms with van der Waals surface area (Å²) in [5.74, 6) is -0.159. The molecule has 0 unspecified atom stereocenters. The SMILES string of the molecule is C=CC(=O)NCCC1OCCO1. The van der Waals surface area contributed by atoms with Crippen molar-refractivity contribution < 1.29 is 14.3 Å². The van der Waals surface area contributed by atoms with Crippen LogP contribution >= 0.6 is 0 Å². The van der Waals surface area contributed by atoms with Crippen LogP contribution in [0, 0.1) is 0 Å². The summed E-state index contributed by atoms with van der Waals surface area (Å²) in [6.07, 6.45) is 1.80. The maximum atomic E-state index is 10.7. The summed E-state index contributed by atoms with van der Waals surface area (Å²) in [4.78, 5) is 10.7. The molecule has 0 aromatic rings. The number of hydrogen-bond acceptors (Lipinski definition) is 3. The fraction of sp³-hybridized carbons (Fsp3) is 0.625. The van der Waals surface area contributed by atoms with E-state index in [0.717, 1.165) is 0 Å². The van der Waals surface area contributed by atoms with Crippen LogP contribution < -0.4 is 5.32 Å². The smallest absolute Gasteiger partial charge is 0.243 e. The van der Waals surface area contributed by atoms with Gasteiger partial charge < -0.3 is 14.8 Å². The third-order valence-corrected chi connectivity index (χ3v) is 1.56. The highest BCUT2D eigenvalue weighted by Crippen LogP contribution is 2.06. The van der Waals surface area contributed by atoms with Crippen LogP contribution in [-0.4, -0.2) is 32.0 Å². The van der Waals surface area contributed by atoms with Gasteiger partial charge in [-0.15, -0.1) is 0 Å². The molecule has 0 saturated carbocycles. The maximum Gasteiger partial charge on any atom is 0.243 e. The molecule has 0 aromatic heterocycles. The standard InChI is InChI=1S/C8H13NO3/c1-2-7(10)9-4-3-8-11-5-6-12-8/h2,8H,1,3-6H2,(H,9,10). The molecule has 1 aliphatic heterocycles. The molecule has 1 heterocycles. The Balaban J connectivity index is 2.01. The van der Waals surface area contributed by atoms with E-state index in [0.29, 0.717) is 26.2 Å². The van der Waals surface area contributed by atoms with Gasteiger partial charge in [0.1, 0.15) is 0 Å². The number of ether oxygens (including phenoxy) is 2. The third kappa shape index (κ3) is 3.02. The summed E-state index contributed by atoms with van der Waals surface area (Å²) in [6.45, 7) is 5.21. The summed E-state index contributed by atoms with van der Waals surface area (Å²) >= 11 is 0. The maximum absolute atomic E-state index is 10.7. The van der Waals surface area contributed by atoms with E-state index in [-0.39, 0.29) is 12.2 Å².